The van der Waals surface area contributed by atoms with Crippen molar-refractivity contribution in [3.05, 3.63) is 0 Å². The van der Waals surface area contributed by atoms with Crippen molar-refractivity contribution >= 4 is 5.97 Å². The number of esters is 1. The van der Waals surface area contributed by atoms with E-state index in [4.69, 9.17) is 14.2 Å². The summed E-state index contributed by atoms with van der Waals surface area (Å²) in [7, 11) is 0. The Bertz CT molecular complexity index is 349. The molecule has 23 heavy (non-hydrogen) atoms. The van der Waals surface area contributed by atoms with Gasteiger partial charge in [-0.1, -0.05) is 19.8 Å². The second-order valence-electron chi connectivity index (χ2n) is 6.69. The number of quaternary nitrogens is 1. The Hall–Kier alpha value is -0.360. The van der Waals surface area contributed by atoms with E-state index < -0.39 is 0 Å². The first-order valence-electron chi connectivity index (χ1n) is 8.92. The van der Waals surface area contributed by atoms with Gasteiger partial charge in [-0.25, -0.2) is 4.79 Å². The molecule has 6 heteroatoms. The van der Waals surface area contributed by atoms with Gasteiger partial charge in [-0.2, -0.15) is 0 Å². The van der Waals surface area contributed by atoms with E-state index in [9.17, 15) is 4.79 Å². The first kappa shape index (κ1) is 20.7. The average Bonchev–Trinajstić information content (AvgIpc) is 3.00. The fraction of sp³-hybridized carbons (Fsp3) is 0.941. The maximum absolute atomic E-state index is 12.0. The molecule has 0 spiro atoms. The van der Waals surface area contributed by atoms with Gasteiger partial charge in [-0.05, 0) is 39.0 Å². The second kappa shape index (κ2) is 10.5. The topological polar surface area (TPSA) is 72.4 Å². The highest BCUT2D eigenvalue weighted by atomic mass is 35.5. The van der Waals surface area contributed by atoms with E-state index in [-0.39, 0.29) is 42.7 Å². The van der Waals surface area contributed by atoms with Crippen molar-refractivity contribution in [1.82, 2.24) is 0 Å². The minimum Gasteiger partial charge on any atom is -1.00 e. The van der Waals surface area contributed by atoms with Gasteiger partial charge in [-0.3, -0.25) is 0 Å². The van der Waals surface area contributed by atoms with Crippen LogP contribution in [0.25, 0.3) is 0 Å². The maximum atomic E-state index is 12.0. The van der Waals surface area contributed by atoms with Gasteiger partial charge in [0.25, 0.3) is 0 Å². The van der Waals surface area contributed by atoms with Crippen LogP contribution in [0.3, 0.4) is 0 Å². The molecule has 0 amide bonds. The van der Waals surface area contributed by atoms with Crippen molar-refractivity contribution in [3.8, 4) is 0 Å². The molecule has 0 aromatic carbocycles. The van der Waals surface area contributed by atoms with E-state index in [0.717, 1.165) is 38.5 Å². The lowest BCUT2D eigenvalue weighted by Gasteiger charge is -2.32. The van der Waals surface area contributed by atoms with Crippen LogP contribution in [0.2, 0.25) is 0 Å². The molecule has 2 rings (SSSR count). The number of carbonyl (C=O) groups is 1. The summed E-state index contributed by atoms with van der Waals surface area (Å²) in [6, 6.07) is -0.278. The molecular weight excluding hydrogens is 318 g/mol. The number of hydrogen-bond donors (Lipinski definition) is 1. The molecule has 0 aromatic heterocycles. The quantitative estimate of drug-likeness (QED) is 0.635. The molecular formula is C17H32ClNO4. The zero-order valence-corrected chi connectivity index (χ0v) is 15.2. The molecule has 1 saturated carbocycles. The van der Waals surface area contributed by atoms with Gasteiger partial charge in [0.15, 0.2) is 6.04 Å². The molecule has 2 fully saturated rings. The summed E-state index contributed by atoms with van der Waals surface area (Å²) in [5.41, 5.74) is 3.92. The van der Waals surface area contributed by atoms with Crippen LogP contribution in [-0.4, -0.2) is 43.0 Å². The number of cyclic esters (lactones) is 1. The fourth-order valence-electron chi connectivity index (χ4n) is 3.41. The van der Waals surface area contributed by atoms with Crippen LogP contribution in [0.15, 0.2) is 0 Å². The monoisotopic (exact) mass is 349 g/mol. The van der Waals surface area contributed by atoms with Crippen molar-refractivity contribution in [2.24, 2.45) is 0 Å². The fourth-order valence-corrected chi connectivity index (χ4v) is 3.41. The van der Waals surface area contributed by atoms with Crippen molar-refractivity contribution in [2.75, 3.05) is 6.61 Å². The molecule has 3 N–H and O–H groups in total. The van der Waals surface area contributed by atoms with Gasteiger partial charge >= 0.3 is 5.97 Å². The number of halogens is 1. The van der Waals surface area contributed by atoms with Gasteiger partial charge in [0.1, 0.15) is 12.2 Å². The molecule has 0 radical (unpaired) electrons. The highest BCUT2D eigenvalue weighted by Crippen LogP contribution is 2.27. The first-order chi connectivity index (χ1) is 10.6. The number of hydrogen-bond acceptors (Lipinski definition) is 4. The van der Waals surface area contributed by atoms with Crippen molar-refractivity contribution < 1.29 is 37.1 Å². The predicted octanol–water partition coefficient (Wildman–Crippen LogP) is -1.16. The smallest absolute Gasteiger partial charge is 0.365 e. The Balaban J connectivity index is 0.00000264. The van der Waals surface area contributed by atoms with Gasteiger partial charge < -0.3 is 32.4 Å². The van der Waals surface area contributed by atoms with Crippen molar-refractivity contribution in [1.29, 1.82) is 0 Å². The molecule has 1 aliphatic carbocycles. The lowest BCUT2D eigenvalue weighted by molar-refractivity contribution is -0.410. The number of ether oxygens (including phenoxy) is 3. The summed E-state index contributed by atoms with van der Waals surface area (Å²) in [5.74, 6) is -0.209. The highest BCUT2D eigenvalue weighted by Gasteiger charge is 2.36. The summed E-state index contributed by atoms with van der Waals surface area (Å²) in [4.78, 5) is 12.0. The Labute approximate surface area is 146 Å². The molecule has 1 aliphatic heterocycles. The van der Waals surface area contributed by atoms with Gasteiger partial charge in [-0.15, -0.1) is 0 Å². The zero-order chi connectivity index (χ0) is 15.9. The van der Waals surface area contributed by atoms with Crippen LogP contribution >= 0.6 is 0 Å². The van der Waals surface area contributed by atoms with Crippen LogP contribution in [-0.2, 0) is 19.0 Å². The van der Waals surface area contributed by atoms with Crippen molar-refractivity contribution in [2.45, 2.75) is 95.7 Å². The molecule has 1 saturated heterocycles. The van der Waals surface area contributed by atoms with Crippen LogP contribution < -0.4 is 18.1 Å². The largest absolute Gasteiger partial charge is 1.00 e. The standard InChI is InChI=1S/C17H31NO4.ClH/c1-3-11-20-16-12(2)21-17(19)14(18)9-6-10-15(16)22-13-7-4-5-8-13;/h12-16H,3-11,18H2,1-2H3;1H/t12-,14-,15-,16-;/m0./s1. The molecule has 5 nitrogen and oxygen atoms in total. The Kier molecular flexibility index (Phi) is 9.44. The summed E-state index contributed by atoms with van der Waals surface area (Å²) >= 11 is 0. The Morgan fingerprint density at radius 2 is 1.87 bits per heavy atom. The molecule has 0 bridgehead atoms. The van der Waals surface area contributed by atoms with E-state index in [1.165, 1.54) is 12.8 Å². The van der Waals surface area contributed by atoms with Crippen LogP contribution in [0.4, 0.5) is 0 Å². The summed E-state index contributed by atoms with van der Waals surface area (Å²) in [6.07, 6.45) is 8.25. The molecule has 1 heterocycles. The van der Waals surface area contributed by atoms with E-state index in [1.807, 2.05) is 6.92 Å². The Morgan fingerprint density at radius 1 is 1.17 bits per heavy atom. The van der Waals surface area contributed by atoms with Gasteiger partial charge in [0.05, 0.1) is 12.2 Å². The summed E-state index contributed by atoms with van der Waals surface area (Å²) in [6.45, 7) is 4.68. The number of carbonyl (C=O) groups excluding carboxylic acids is 1. The van der Waals surface area contributed by atoms with E-state index >= 15 is 0 Å². The zero-order valence-electron chi connectivity index (χ0n) is 14.5. The third kappa shape index (κ3) is 6.22. The van der Waals surface area contributed by atoms with Crippen LogP contribution in [0.5, 0.6) is 0 Å². The maximum Gasteiger partial charge on any atom is 0.365 e. The van der Waals surface area contributed by atoms with Crippen LogP contribution in [0.1, 0.15) is 65.2 Å². The van der Waals surface area contributed by atoms with Gasteiger partial charge in [0, 0.05) is 13.0 Å². The summed E-state index contributed by atoms with van der Waals surface area (Å²) < 4.78 is 18.0. The normalized spacial score (nSPS) is 33.3. The van der Waals surface area contributed by atoms with E-state index in [0.29, 0.717) is 12.7 Å². The highest BCUT2D eigenvalue weighted by molar-refractivity contribution is 5.74. The minimum absolute atomic E-state index is 0. The third-order valence-corrected chi connectivity index (χ3v) is 4.69. The molecule has 0 unspecified atom stereocenters. The molecule has 2 aliphatic rings. The Morgan fingerprint density at radius 3 is 2.52 bits per heavy atom. The molecule has 136 valence electrons. The first-order valence-corrected chi connectivity index (χ1v) is 8.92. The number of rotatable bonds is 5. The summed E-state index contributed by atoms with van der Waals surface area (Å²) in [5, 5.41) is 0. The van der Waals surface area contributed by atoms with Gasteiger partial charge in [0.2, 0.25) is 0 Å². The molecule has 0 aromatic rings. The van der Waals surface area contributed by atoms with E-state index in [2.05, 4.69) is 12.7 Å². The lowest BCUT2D eigenvalue weighted by Crippen LogP contribution is -3.00. The van der Waals surface area contributed by atoms with Crippen molar-refractivity contribution in [3.63, 3.8) is 0 Å². The van der Waals surface area contributed by atoms with Crippen LogP contribution in [0, 0.1) is 0 Å². The minimum atomic E-state index is -0.284. The third-order valence-electron chi connectivity index (χ3n) is 4.69. The second-order valence-corrected chi connectivity index (χ2v) is 6.69. The predicted molar refractivity (Wildman–Crippen MR) is 83.2 cm³/mol. The SMILES string of the molecule is CCCO[C@H]1[C@H](C)OC(=O)[C@@H]([NH3+])CCC[C@@H]1OC1CCCC1.[Cl-]. The average molecular weight is 350 g/mol. The molecule has 4 atom stereocenters. The van der Waals surface area contributed by atoms with E-state index in [1.54, 1.807) is 0 Å². The lowest BCUT2D eigenvalue weighted by atomic mass is 10.0.